The quantitative estimate of drug-likeness (QED) is 0.533. The van der Waals surface area contributed by atoms with Gasteiger partial charge in [0, 0.05) is 6.42 Å². The van der Waals surface area contributed by atoms with Crippen molar-refractivity contribution in [3.05, 3.63) is 0 Å². The zero-order valence-corrected chi connectivity index (χ0v) is 10.9. The second-order valence-corrected chi connectivity index (χ2v) is 3.28. The highest BCUT2D eigenvalue weighted by Gasteiger charge is 2.23. The van der Waals surface area contributed by atoms with E-state index in [-0.39, 0.29) is 26.1 Å². The van der Waals surface area contributed by atoms with Gasteiger partial charge in [0.2, 0.25) is 0 Å². The molecule has 0 aliphatic rings. The molecule has 0 rings (SSSR count). The highest BCUT2D eigenvalue weighted by atomic mass is 16.5. The van der Waals surface area contributed by atoms with Crippen LogP contribution in [0, 0.1) is 0 Å². The van der Waals surface area contributed by atoms with Crippen LogP contribution in [0.1, 0.15) is 26.7 Å². The summed E-state index contributed by atoms with van der Waals surface area (Å²) in [5.41, 5.74) is 0. The Balaban J connectivity index is 4.33. The summed E-state index contributed by atoms with van der Waals surface area (Å²) in [4.78, 5) is 33.7. The SMILES string of the molecule is CCOC(=O)CCC(NC(=O)OC)C(=O)OCC. The van der Waals surface area contributed by atoms with E-state index in [0.717, 1.165) is 0 Å². The first-order valence-corrected chi connectivity index (χ1v) is 5.71. The number of hydrogen-bond donors (Lipinski definition) is 1. The monoisotopic (exact) mass is 261 g/mol. The van der Waals surface area contributed by atoms with Crippen molar-refractivity contribution < 1.29 is 28.6 Å². The van der Waals surface area contributed by atoms with Crippen LogP contribution in [-0.4, -0.2) is 44.4 Å². The van der Waals surface area contributed by atoms with Gasteiger partial charge in [0.15, 0.2) is 0 Å². The van der Waals surface area contributed by atoms with Crippen LogP contribution in [0.4, 0.5) is 4.79 Å². The standard InChI is InChI=1S/C11H19NO6/c1-4-17-9(13)7-6-8(10(14)18-5-2)12-11(15)16-3/h8H,4-7H2,1-3H3,(H,12,15). The van der Waals surface area contributed by atoms with Gasteiger partial charge in [0.1, 0.15) is 6.04 Å². The Kier molecular flexibility index (Phi) is 8.34. The maximum Gasteiger partial charge on any atom is 0.407 e. The van der Waals surface area contributed by atoms with Gasteiger partial charge >= 0.3 is 18.0 Å². The number of methoxy groups -OCH3 is 1. The molecular weight excluding hydrogens is 242 g/mol. The minimum Gasteiger partial charge on any atom is -0.466 e. The molecule has 1 atom stereocenters. The van der Waals surface area contributed by atoms with Crippen molar-refractivity contribution in [1.82, 2.24) is 5.32 Å². The first kappa shape index (κ1) is 16.2. The highest BCUT2D eigenvalue weighted by Crippen LogP contribution is 2.02. The number of carbonyl (C=O) groups excluding carboxylic acids is 3. The first-order chi connectivity index (χ1) is 8.54. The van der Waals surface area contributed by atoms with E-state index in [9.17, 15) is 14.4 Å². The molecule has 0 aromatic carbocycles. The number of ether oxygens (including phenoxy) is 3. The number of amides is 1. The average molecular weight is 261 g/mol. The maximum atomic E-state index is 11.5. The molecule has 0 heterocycles. The smallest absolute Gasteiger partial charge is 0.407 e. The van der Waals surface area contributed by atoms with Crippen molar-refractivity contribution in [2.24, 2.45) is 0 Å². The predicted octanol–water partition coefficient (Wildman–Crippen LogP) is 0.617. The number of esters is 2. The van der Waals surface area contributed by atoms with Crippen molar-refractivity contribution in [3.8, 4) is 0 Å². The molecule has 0 radical (unpaired) electrons. The fourth-order valence-electron chi connectivity index (χ4n) is 1.19. The van der Waals surface area contributed by atoms with Gasteiger partial charge in [-0.15, -0.1) is 0 Å². The number of nitrogens with one attached hydrogen (secondary N) is 1. The fraction of sp³-hybridized carbons (Fsp3) is 0.727. The van der Waals surface area contributed by atoms with Crippen LogP contribution in [0.2, 0.25) is 0 Å². The molecule has 1 unspecified atom stereocenters. The molecule has 0 aromatic heterocycles. The van der Waals surface area contributed by atoms with Crippen LogP contribution < -0.4 is 5.32 Å². The predicted molar refractivity (Wildman–Crippen MR) is 61.8 cm³/mol. The van der Waals surface area contributed by atoms with Gasteiger partial charge in [0.05, 0.1) is 20.3 Å². The third kappa shape index (κ3) is 6.72. The lowest BCUT2D eigenvalue weighted by Crippen LogP contribution is -2.42. The Morgan fingerprint density at radius 3 is 2.22 bits per heavy atom. The van der Waals surface area contributed by atoms with Crippen molar-refractivity contribution in [2.45, 2.75) is 32.7 Å². The van der Waals surface area contributed by atoms with Crippen LogP contribution in [0.3, 0.4) is 0 Å². The Bertz CT molecular complexity index is 291. The lowest BCUT2D eigenvalue weighted by molar-refractivity contribution is -0.147. The van der Waals surface area contributed by atoms with Crippen molar-refractivity contribution >= 4 is 18.0 Å². The van der Waals surface area contributed by atoms with Gasteiger partial charge in [-0.1, -0.05) is 0 Å². The number of hydrogen-bond acceptors (Lipinski definition) is 6. The summed E-state index contributed by atoms with van der Waals surface area (Å²) >= 11 is 0. The summed E-state index contributed by atoms with van der Waals surface area (Å²) in [6.45, 7) is 3.80. The normalized spacial score (nSPS) is 11.3. The van der Waals surface area contributed by atoms with Gasteiger partial charge in [-0.2, -0.15) is 0 Å². The molecule has 1 N–H and O–H groups in total. The minimum absolute atomic E-state index is 0.0152. The average Bonchev–Trinajstić information content (AvgIpc) is 2.34. The molecule has 0 aromatic rings. The summed E-state index contributed by atoms with van der Waals surface area (Å²) < 4.78 is 13.9. The van der Waals surface area contributed by atoms with Crippen molar-refractivity contribution in [3.63, 3.8) is 0 Å². The van der Waals surface area contributed by atoms with Gasteiger partial charge in [0.25, 0.3) is 0 Å². The van der Waals surface area contributed by atoms with Gasteiger partial charge < -0.3 is 19.5 Å². The third-order valence-electron chi connectivity index (χ3n) is 1.99. The molecule has 0 saturated heterocycles. The largest absolute Gasteiger partial charge is 0.466 e. The number of rotatable bonds is 7. The molecule has 0 saturated carbocycles. The van der Waals surface area contributed by atoms with E-state index in [1.165, 1.54) is 7.11 Å². The number of carbonyl (C=O) groups is 3. The number of alkyl carbamates (subject to hydrolysis) is 1. The first-order valence-electron chi connectivity index (χ1n) is 5.71. The fourth-order valence-corrected chi connectivity index (χ4v) is 1.19. The van der Waals surface area contributed by atoms with Crippen LogP contribution in [0.15, 0.2) is 0 Å². The molecule has 18 heavy (non-hydrogen) atoms. The molecule has 0 spiro atoms. The maximum absolute atomic E-state index is 11.5. The van der Waals surface area contributed by atoms with Crippen molar-refractivity contribution in [2.75, 3.05) is 20.3 Å². The van der Waals surface area contributed by atoms with E-state index in [1.54, 1.807) is 13.8 Å². The van der Waals surface area contributed by atoms with E-state index in [1.807, 2.05) is 0 Å². The minimum atomic E-state index is -0.915. The molecule has 0 aliphatic carbocycles. The van der Waals surface area contributed by atoms with Crippen LogP contribution in [-0.2, 0) is 23.8 Å². The van der Waals surface area contributed by atoms with Crippen LogP contribution in [0.25, 0.3) is 0 Å². The van der Waals surface area contributed by atoms with E-state index < -0.39 is 24.1 Å². The summed E-state index contributed by atoms with van der Waals surface area (Å²) in [6.07, 6.45) is -0.634. The highest BCUT2D eigenvalue weighted by molar-refractivity contribution is 5.82. The van der Waals surface area contributed by atoms with Gasteiger partial charge in [-0.05, 0) is 20.3 Å². The summed E-state index contributed by atoms with van der Waals surface area (Å²) in [7, 11) is 1.18. The Hall–Kier alpha value is -1.79. The third-order valence-corrected chi connectivity index (χ3v) is 1.99. The summed E-state index contributed by atoms with van der Waals surface area (Å²) in [5, 5.41) is 2.31. The molecule has 7 nitrogen and oxygen atoms in total. The lowest BCUT2D eigenvalue weighted by Gasteiger charge is -2.15. The Morgan fingerprint density at radius 2 is 1.72 bits per heavy atom. The Labute approximate surface area is 106 Å². The molecule has 1 amide bonds. The van der Waals surface area contributed by atoms with E-state index >= 15 is 0 Å². The topological polar surface area (TPSA) is 90.9 Å². The molecule has 104 valence electrons. The molecular formula is C11H19NO6. The van der Waals surface area contributed by atoms with Crippen LogP contribution in [0.5, 0.6) is 0 Å². The van der Waals surface area contributed by atoms with Gasteiger partial charge in [-0.3, -0.25) is 4.79 Å². The van der Waals surface area contributed by atoms with E-state index in [0.29, 0.717) is 0 Å². The summed E-state index contributed by atoms with van der Waals surface area (Å²) in [6, 6.07) is -0.915. The van der Waals surface area contributed by atoms with E-state index in [2.05, 4.69) is 10.1 Å². The molecule has 0 aliphatic heterocycles. The van der Waals surface area contributed by atoms with Crippen molar-refractivity contribution in [1.29, 1.82) is 0 Å². The molecule has 0 bridgehead atoms. The van der Waals surface area contributed by atoms with Crippen LogP contribution >= 0.6 is 0 Å². The lowest BCUT2D eigenvalue weighted by atomic mass is 10.1. The van der Waals surface area contributed by atoms with Gasteiger partial charge in [-0.25, -0.2) is 9.59 Å². The molecule has 0 fully saturated rings. The second kappa shape index (κ2) is 9.26. The second-order valence-electron chi connectivity index (χ2n) is 3.28. The van der Waals surface area contributed by atoms with E-state index in [4.69, 9.17) is 9.47 Å². The Morgan fingerprint density at radius 1 is 1.11 bits per heavy atom. The zero-order valence-electron chi connectivity index (χ0n) is 10.9. The zero-order chi connectivity index (χ0) is 14.0. The summed E-state index contributed by atoms with van der Waals surface area (Å²) in [5.74, 6) is -1.04. The molecule has 7 heteroatoms.